The summed E-state index contributed by atoms with van der Waals surface area (Å²) in [5, 5.41) is 8.93. The van der Waals surface area contributed by atoms with E-state index in [1.165, 1.54) is 6.07 Å². The van der Waals surface area contributed by atoms with E-state index in [4.69, 9.17) is 14.8 Å². The van der Waals surface area contributed by atoms with Gasteiger partial charge in [-0.15, -0.1) is 5.54 Å². The average Bonchev–Trinajstić information content (AvgIpc) is 3.27. The Kier molecular flexibility index (Phi) is 6.90. The van der Waals surface area contributed by atoms with Crippen LogP contribution < -0.4 is 10.1 Å². The Morgan fingerprint density at radius 3 is 2.58 bits per heavy atom. The van der Waals surface area contributed by atoms with Gasteiger partial charge in [-0.1, -0.05) is 49.8 Å². The topological polar surface area (TPSA) is 77.8 Å². The summed E-state index contributed by atoms with van der Waals surface area (Å²) >= 11 is 0. The van der Waals surface area contributed by atoms with E-state index >= 15 is 4.39 Å². The Morgan fingerprint density at radius 1 is 1.05 bits per heavy atom. The van der Waals surface area contributed by atoms with Crippen molar-refractivity contribution in [3.8, 4) is 28.7 Å². The molecule has 38 heavy (non-hydrogen) atoms. The zero-order valence-corrected chi connectivity index (χ0v) is 22.7. The van der Waals surface area contributed by atoms with Crippen molar-refractivity contribution in [2.75, 3.05) is 12.4 Å². The third-order valence-corrected chi connectivity index (χ3v) is 6.62. The highest BCUT2D eigenvalue weighted by Crippen LogP contribution is 2.31. The maximum atomic E-state index is 15.1. The number of hydrogen-bond donors (Lipinski definition) is 1. The van der Waals surface area contributed by atoms with E-state index in [0.29, 0.717) is 34.2 Å². The van der Waals surface area contributed by atoms with Crippen molar-refractivity contribution in [3.63, 3.8) is 0 Å². The molecule has 5 rings (SSSR count). The van der Waals surface area contributed by atoms with Crippen LogP contribution in [0, 0.1) is 17.3 Å². The number of hydrogen-bond acceptors (Lipinski definition) is 6. The van der Waals surface area contributed by atoms with E-state index in [-0.39, 0.29) is 12.4 Å². The minimum atomic E-state index is -1.55. The fourth-order valence-corrected chi connectivity index (χ4v) is 4.40. The van der Waals surface area contributed by atoms with Crippen LogP contribution in [0.1, 0.15) is 11.1 Å². The standard InChI is InChI=1S/C29H27FN6OSi/c1-37-26-18-32-29(34-28(26)33-22-11-14-31-15-12-22)27-23-7-5-6-8-25(23)36(35-27)19-21-10-9-20(17-24(21)30)13-16-38(2,3)4/h5-12,14-15,17-18H,19H2,1-4H3,(H,31,32,33,34). The zero-order chi connectivity index (χ0) is 26.7. The largest absolute Gasteiger partial charge is 0.491 e. The van der Waals surface area contributed by atoms with Crippen LogP contribution in [0.2, 0.25) is 19.6 Å². The third kappa shape index (κ3) is 5.55. The van der Waals surface area contributed by atoms with Crippen LogP contribution in [0.3, 0.4) is 0 Å². The lowest BCUT2D eigenvalue weighted by Crippen LogP contribution is -2.16. The first-order valence-electron chi connectivity index (χ1n) is 12.2. The monoisotopic (exact) mass is 522 g/mol. The van der Waals surface area contributed by atoms with E-state index < -0.39 is 8.07 Å². The second-order valence-electron chi connectivity index (χ2n) is 9.80. The second kappa shape index (κ2) is 10.4. The number of halogens is 1. The lowest BCUT2D eigenvalue weighted by atomic mass is 10.1. The van der Waals surface area contributed by atoms with Gasteiger partial charge in [0.1, 0.15) is 19.6 Å². The maximum Gasteiger partial charge on any atom is 0.183 e. The molecule has 2 aromatic carbocycles. The first-order valence-corrected chi connectivity index (χ1v) is 15.7. The van der Waals surface area contributed by atoms with Gasteiger partial charge in [-0.2, -0.15) is 5.10 Å². The molecular weight excluding hydrogens is 495 g/mol. The highest BCUT2D eigenvalue weighted by molar-refractivity contribution is 6.83. The predicted molar refractivity (Wildman–Crippen MR) is 151 cm³/mol. The molecule has 190 valence electrons. The molecule has 3 aromatic heterocycles. The summed E-state index contributed by atoms with van der Waals surface area (Å²) in [6.45, 7) is 6.74. The minimum Gasteiger partial charge on any atom is -0.491 e. The van der Waals surface area contributed by atoms with E-state index in [9.17, 15) is 0 Å². The molecule has 1 N–H and O–H groups in total. The summed E-state index contributed by atoms with van der Waals surface area (Å²) in [6, 6.07) is 16.6. The first kappa shape index (κ1) is 25.1. The molecule has 0 spiro atoms. The van der Waals surface area contributed by atoms with Gasteiger partial charge in [-0.25, -0.2) is 14.4 Å². The number of para-hydroxylation sites is 1. The number of methoxy groups -OCH3 is 1. The summed E-state index contributed by atoms with van der Waals surface area (Å²) in [5.41, 5.74) is 6.75. The summed E-state index contributed by atoms with van der Waals surface area (Å²) in [4.78, 5) is 13.3. The van der Waals surface area contributed by atoms with Gasteiger partial charge in [0.25, 0.3) is 0 Å². The number of pyridine rings is 1. The Morgan fingerprint density at radius 2 is 1.84 bits per heavy atom. The summed E-state index contributed by atoms with van der Waals surface area (Å²) in [7, 11) is 0.0171. The van der Waals surface area contributed by atoms with Crippen LogP contribution in [-0.2, 0) is 6.54 Å². The quantitative estimate of drug-likeness (QED) is 0.216. The number of nitrogens with one attached hydrogen (secondary N) is 1. The van der Waals surface area contributed by atoms with Crippen LogP contribution in [-0.4, -0.2) is 39.9 Å². The van der Waals surface area contributed by atoms with Crippen molar-refractivity contribution < 1.29 is 9.13 Å². The molecule has 0 radical (unpaired) electrons. The number of anilines is 2. The molecule has 0 atom stereocenters. The van der Waals surface area contributed by atoms with Gasteiger partial charge < -0.3 is 10.1 Å². The zero-order valence-electron chi connectivity index (χ0n) is 21.7. The van der Waals surface area contributed by atoms with Gasteiger partial charge in [-0.05, 0) is 30.3 Å². The molecule has 7 nitrogen and oxygen atoms in total. The van der Waals surface area contributed by atoms with Crippen LogP contribution in [0.25, 0.3) is 22.4 Å². The van der Waals surface area contributed by atoms with E-state index in [1.54, 1.807) is 36.4 Å². The molecule has 0 saturated carbocycles. The molecule has 0 saturated heterocycles. The summed E-state index contributed by atoms with van der Waals surface area (Å²) in [5.74, 6) is 4.23. The highest BCUT2D eigenvalue weighted by Gasteiger charge is 2.18. The fourth-order valence-electron chi connectivity index (χ4n) is 3.88. The lowest BCUT2D eigenvalue weighted by Gasteiger charge is -2.10. The fraction of sp³-hybridized carbons (Fsp3) is 0.172. The van der Waals surface area contributed by atoms with Gasteiger partial charge in [0.2, 0.25) is 0 Å². The number of benzene rings is 2. The van der Waals surface area contributed by atoms with Gasteiger partial charge in [0, 0.05) is 34.6 Å². The minimum absolute atomic E-state index is 0.256. The third-order valence-electron chi connectivity index (χ3n) is 5.74. The molecule has 0 fully saturated rings. The maximum absolute atomic E-state index is 15.1. The van der Waals surface area contributed by atoms with Crippen molar-refractivity contribution >= 4 is 30.5 Å². The van der Waals surface area contributed by atoms with Crippen molar-refractivity contribution in [3.05, 3.63) is 90.1 Å². The summed E-state index contributed by atoms with van der Waals surface area (Å²) < 4.78 is 22.3. The molecule has 0 amide bonds. The second-order valence-corrected chi connectivity index (χ2v) is 14.6. The lowest BCUT2D eigenvalue weighted by molar-refractivity contribution is 0.413. The van der Waals surface area contributed by atoms with E-state index in [2.05, 4.69) is 46.4 Å². The van der Waals surface area contributed by atoms with Gasteiger partial charge in [-0.3, -0.25) is 9.67 Å². The van der Waals surface area contributed by atoms with Crippen molar-refractivity contribution in [2.24, 2.45) is 0 Å². The van der Waals surface area contributed by atoms with Crippen molar-refractivity contribution in [2.45, 2.75) is 26.2 Å². The van der Waals surface area contributed by atoms with Crippen LogP contribution in [0.4, 0.5) is 15.9 Å². The Balaban J connectivity index is 1.51. The van der Waals surface area contributed by atoms with E-state index in [0.717, 1.165) is 16.6 Å². The van der Waals surface area contributed by atoms with Gasteiger partial charge in [0.15, 0.2) is 17.4 Å². The summed E-state index contributed by atoms with van der Waals surface area (Å²) in [6.07, 6.45) is 4.99. The molecule has 0 unspecified atom stereocenters. The van der Waals surface area contributed by atoms with Gasteiger partial charge >= 0.3 is 0 Å². The number of nitrogens with zero attached hydrogens (tertiary/aromatic N) is 5. The predicted octanol–water partition coefficient (Wildman–Crippen LogP) is 6.06. The molecule has 0 aliphatic heterocycles. The Labute approximate surface area is 221 Å². The van der Waals surface area contributed by atoms with Crippen LogP contribution in [0.5, 0.6) is 5.75 Å². The van der Waals surface area contributed by atoms with Crippen LogP contribution >= 0.6 is 0 Å². The molecule has 9 heteroatoms. The number of fused-ring (bicyclic) bond motifs is 1. The smallest absolute Gasteiger partial charge is 0.183 e. The molecule has 0 bridgehead atoms. The first-order chi connectivity index (χ1) is 18.3. The van der Waals surface area contributed by atoms with E-state index in [1.807, 2.05) is 42.5 Å². The van der Waals surface area contributed by atoms with Crippen LogP contribution in [0.15, 0.2) is 73.2 Å². The molecular formula is C29H27FN6OSi. The molecule has 0 aliphatic carbocycles. The number of aromatic nitrogens is 5. The van der Waals surface area contributed by atoms with Crippen molar-refractivity contribution in [1.82, 2.24) is 24.7 Å². The molecule has 0 aliphatic rings. The number of rotatable bonds is 6. The molecule has 3 heterocycles. The SMILES string of the molecule is COc1cnc(-c2nn(Cc3ccc(C#C[Si](C)(C)C)cc3F)c3ccccc23)nc1Nc1ccncc1. The normalized spacial score (nSPS) is 11.2. The van der Waals surface area contributed by atoms with Crippen molar-refractivity contribution in [1.29, 1.82) is 0 Å². The average molecular weight is 523 g/mol. The Hall–Kier alpha value is -4.55. The number of ether oxygens (including phenoxy) is 1. The van der Waals surface area contributed by atoms with Gasteiger partial charge in [0.05, 0.1) is 25.4 Å². The Bertz CT molecular complexity index is 1670. The molecule has 5 aromatic rings. The highest BCUT2D eigenvalue weighted by atomic mass is 28.3.